The topological polar surface area (TPSA) is 69.7 Å². The van der Waals surface area contributed by atoms with Crippen LogP contribution in [0.25, 0.3) is 0 Å². The van der Waals surface area contributed by atoms with Crippen LogP contribution in [0.4, 0.5) is 0 Å². The summed E-state index contributed by atoms with van der Waals surface area (Å²) >= 11 is 3.28. The van der Waals surface area contributed by atoms with Crippen molar-refractivity contribution >= 4 is 31.9 Å². The Labute approximate surface area is 171 Å². The highest BCUT2D eigenvalue weighted by Gasteiger charge is 2.22. The third kappa shape index (κ3) is 6.85. The lowest BCUT2D eigenvalue weighted by atomic mass is 10.0. The molecule has 6 nitrogen and oxygen atoms in total. The lowest BCUT2D eigenvalue weighted by Crippen LogP contribution is -2.39. The molecule has 1 heterocycles. The Hall–Kier alpha value is -0.960. The molecule has 152 valence electrons. The summed E-state index contributed by atoms with van der Waals surface area (Å²) in [5.41, 5.74) is 0. The minimum Gasteiger partial charge on any atom is -0.355 e. The summed E-state index contributed by atoms with van der Waals surface area (Å²) in [6.07, 6.45) is 5.82. The number of sulfonamides is 1. The number of rotatable bonds is 9. The number of nitrogens with zero attached hydrogens (tertiary/aromatic N) is 2. The molecule has 1 amide bonds. The SMILES string of the molecule is CC1CCCCN1CCCCNC(=O)CN(C)S(=O)(=O)c1ccc(Br)cc1. The molecule has 0 spiro atoms. The Kier molecular flexibility index (Phi) is 8.72. The summed E-state index contributed by atoms with van der Waals surface area (Å²) in [7, 11) is -2.24. The van der Waals surface area contributed by atoms with Crippen LogP contribution in [0, 0.1) is 0 Å². The summed E-state index contributed by atoms with van der Waals surface area (Å²) in [6, 6.07) is 7.05. The number of hydrogen-bond acceptors (Lipinski definition) is 4. The number of amides is 1. The number of likely N-dealkylation sites (N-methyl/N-ethyl adjacent to an activating group) is 1. The molecule has 1 fully saturated rings. The Morgan fingerprint density at radius 2 is 1.96 bits per heavy atom. The van der Waals surface area contributed by atoms with Gasteiger partial charge in [0.05, 0.1) is 11.4 Å². The van der Waals surface area contributed by atoms with Crippen LogP contribution < -0.4 is 5.32 Å². The van der Waals surface area contributed by atoms with Crippen LogP contribution in [0.15, 0.2) is 33.6 Å². The molecule has 0 radical (unpaired) electrons. The number of benzene rings is 1. The average Bonchev–Trinajstić information content (AvgIpc) is 2.63. The molecule has 1 aliphatic heterocycles. The maximum Gasteiger partial charge on any atom is 0.243 e. The summed E-state index contributed by atoms with van der Waals surface area (Å²) in [5, 5.41) is 2.82. The molecule has 1 N–H and O–H groups in total. The van der Waals surface area contributed by atoms with Gasteiger partial charge in [-0.05, 0) is 70.0 Å². The molecule has 1 saturated heterocycles. The number of carbonyl (C=O) groups is 1. The Morgan fingerprint density at radius 3 is 2.63 bits per heavy atom. The zero-order valence-electron chi connectivity index (χ0n) is 16.2. The highest BCUT2D eigenvalue weighted by atomic mass is 79.9. The van der Waals surface area contributed by atoms with Gasteiger partial charge in [0.25, 0.3) is 0 Å². The van der Waals surface area contributed by atoms with Crippen molar-refractivity contribution in [2.24, 2.45) is 0 Å². The maximum atomic E-state index is 12.5. The van der Waals surface area contributed by atoms with Crippen LogP contribution in [-0.4, -0.2) is 62.8 Å². The van der Waals surface area contributed by atoms with E-state index < -0.39 is 10.0 Å². The first-order valence-electron chi connectivity index (χ1n) is 9.53. The maximum absolute atomic E-state index is 12.5. The molecular weight excluding hydrogens is 430 g/mol. The Balaban J connectivity index is 1.69. The number of likely N-dealkylation sites (tertiary alicyclic amines) is 1. The molecule has 2 rings (SSSR count). The molecule has 8 heteroatoms. The lowest BCUT2D eigenvalue weighted by Gasteiger charge is -2.33. The van der Waals surface area contributed by atoms with E-state index in [-0.39, 0.29) is 17.3 Å². The van der Waals surface area contributed by atoms with Crippen LogP contribution in [0.1, 0.15) is 39.0 Å². The number of unbranched alkanes of at least 4 members (excludes halogenated alkanes) is 1. The van der Waals surface area contributed by atoms with Crippen molar-refractivity contribution in [2.45, 2.75) is 50.0 Å². The number of hydrogen-bond donors (Lipinski definition) is 1. The predicted molar refractivity (Wildman–Crippen MR) is 111 cm³/mol. The van der Waals surface area contributed by atoms with E-state index >= 15 is 0 Å². The molecular formula is C19H30BrN3O3S. The average molecular weight is 460 g/mol. The third-order valence-corrected chi connectivity index (χ3v) is 7.37. The highest BCUT2D eigenvalue weighted by Crippen LogP contribution is 2.18. The van der Waals surface area contributed by atoms with Gasteiger partial charge in [0.2, 0.25) is 15.9 Å². The highest BCUT2D eigenvalue weighted by molar-refractivity contribution is 9.10. The molecule has 0 aromatic heterocycles. The molecule has 0 aliphatic carbocycles. The van der Waals surface area contributed by atoms with Crippen molar-refractivity contribution in [3.8, 4) is 0 Å². The van der Waals surface area contributed by atoms with E-state index in [4.69, 9.17) is 0 Å². The number of nitrogens with one attached hydrogen (secondary N) is 1. The molecule has 1 unspecified atom stereocenters. The molecule has 1 aromatic carbocycles. The van der Waals surface area contributed by atoms with E-state index in [2.05, 4.69) is 33.1 Å². The zero-order chi connectivity index (χ0) is 19.9. The van der Waals surface area contributed by atoms with Gasteiger partial charge >= 0.3 is 0 Å². The van der Waals surface area contributed by atoms with Crippen LogP contribution >= 0.6 is 15.9 Å². The van der Waals surface area contributed by atoms with E-state index in [1.165, 1.54) is 45.0 Å². The van der Waals surface area contributed by atoms with Crippen molar-refractivity contribution in [1.82, 2.24) is 14.5 Å². The van der Waals surface area contributed by atoms with Crippen LogP contribution in [-0.2, 0) is 14.8 Å². The Morgan fingerprint density at radius 1 is 1.26 bits per heavy atom. The van der Waals surface area contributed by atoms with Gasteiger partial charge in [0.15, 0.2) is 0 Å². The minimum atomic E-state index is -3.66. The monoisotopic (exact) mass is 459 g/mol. The van der Waals surface area contributed by atoms with Crippen LogP contribution in [0.5, 0.6) is 0 Å². The largest absolute Gasteiger partial charge is 0.355 e. The minimum absolute atomic E-state index is 0.177. The summed E-state index contributed by atoms with van der Waals surface area (Å²) in [5.74, 6) is -0.274. The van der Waals surface area contributed by atoms with Gasteiger partial charge < -0.3 is 10.2 Å². The second kappa shape index (κ2) is 10.5. The fourth-order valence-electron chi connectivity index (χ4n) is 3.29. The second-order valence-corrected chi connectivity index (χ2v) is 10.1. The van der Waals surface area contributed by atoms with Gasteiger partial charge in [-0.1, -0.05) is 22.4 Å². The quantitative estimate of drug-likeness (QED) is 0.576. The molecule has 27 heavy (non-hydrogen) atoms. The second-order valence-electron chi connectivity index (χ2n) is 7.15. The molecule has 1 atom stereocenters. The van der Waals surface area contributed by atoms with Crippen molar-refractivity contribution in [2.75, 3.05) is 33.2 Å². The number of halogens is 1. The Bertz CT molecular complexity index is 709. The number of piperidine rings is 1. The summed E-state index contributed by atoms with van der Waals surface area (Å²) < 4.78 is 26.9. The fraction of sp³-hybridized carbons (Fsp3) is 0.632. The standard InChI is InChI=1S/C19H30BrN3O3S/c1-16-7-3-5-13-23(16)14-6-4-12-21-19(24)15-22(2)27(25,26)18-10-8-17(20)9-11-18/h8-11,16H,3-7,12-15H2,1-2H3,(H,21,24). The van der Waals surface area contributed by atoms with Crippen LogP contribution in [0.2, 0.25) is 0 Å². The third-order valence-electron chi connectivity index (χ3n) is 5.02. The van der Waals surface area contributed by atoms with Gasteiger partial charge in [-0.3, -0.25) is 4.79 Å². The number of carbonyl (C=O) groups excluding carboxylic acids is 1. The predicted octanol–water partition coefficient (Wildman–Crippen LogP) is 2.84. The smallest absolute Gasteiger partial charge is 0.243 e. The summed E-state index contributed by atoms with van der Waals surface area (Å²) in [4.78, 5) is 14.8. The van der Waals surface area contributed by atoms with E-state index in [1.807, 2.05) is 0 Å². The van der Waals surface area contributed by atoms with Crippen molar-refractivity contribution < 1.29 is 13.2 Å². The van der Waals surface area contributed by atoms with Gasteiger partial charge in [-0.25, -0.2) is 8.42 Å². The first kappa shape index (κ1) is 22.3. The first-order valence-corrected chi connectivity index (χ1v) is 11.8. The van der Waals surface area contributed by atoms with E-state index in [0.717, 1.165) is 28.2 Å². The lowest BCUT2D eigenvalue weighted by molar-refractivity contribution is -0.121. The molecule has 0 saturated carbocycles. The van der Waals surface area contributed by atoms with Gasteiger partial charge in [-0.2, -0.15) is 4.31 Å². The van der Waals surface area contributed by atoms with Crippen LogP contribution in [0.3, 0.4) is 0 Å². The van der Waals surface area contributed by atoms with Gasteiger partial charge in [0, 0.05) is 24.1 Å². The van der Waals surface area contributed by atoms with Gasteiger partial charge in [0.1, 0.15) is 0 Å². The van der Waals surface area contributed by atoms with Gasteiger partial charge in [-0.15, -0.1) is 0 Å². The van der Waals surface area contributed by atoms with Crippen molar-refractivity contribution in [3.05, 3.63) is 28.7 Å². The summed E-state index contributed by atoms with van der Waals surface area (Å²) in [6.45, 7) is 4.92. The molecule has 0 bridgehead atoms. The molecule has 1 aromatic rings. The van der Waals surface area contributed by atoms with E-state index in [0.29, 0.717) is 12.6 Å². The first-order chi connectivity index (χ1) is 12.8. The van der Waals surface area contributed by atoms with E-state index in [9.17, 15) is 13.2 Å². The van der Waals surface area contributed by atoms with Crippen molar-refractivity contribution in [3.63, 3.8) is 0 Å². The molecule has 1 aliphatic rings. The fourth-order valence-corrected chi connectivity index (χ4v) is 4.68. The zero-order valence-corrected chi connectivity index (χ0v) is 18.6. The van der Waals surface area contributed by atoms with E-state index in [1.54, 1.807) is 12.1 Å². The normalized spacial score (nSPS) is 18.6. The van der Waals surface area contributed by atoms with Crippen molar-refractivity contribution in [1.29, 1.82) is 0 Å².